The van der Waals surface area contributed by atoms with Gasteiger partial charge >= 0.3 is 0 Å². The molecule has 0 saturated heterocycles. The molecule has 0 aliphatic heterocycles. The Labute approximate surface area is 284 Å². The quantitative estimate of drug-likeness (QED) is 0.247. The Bertz CT molecular complexity index is 2120. The first-order chi connectivity index (χ1) is 20.6. The monoisotopic (exact) mass is 744 g/mol. The zero-order valence-electron chi connectivity index (χ0n) is 23.2. The highest BCUT2D eigenvalue weighted by atomic mass is 79.9. The summed E-state index contributed by atoms with van der Waals surface area (Å²) in [5.74, 6) is 0. The fourth-order valence-corrected chi connectivity index (χ4v) is 6.25. The van der Waals surface area contributed by atoms with Crippen molar-refractivity contribution < 1.29 is 43.1 Å². The van der Waals surface area contributed by atoms with E-state index >= 15 is 0 Å². The minimum Gasteiger partial charge on any atom is -1.00 e. The molecule has 8 aromatic rings. The molecular weight excluding hydrogens is 723 g/mol. The number of pyridine rings is 4. The van der Waals surface area contributed by atoms with Crippen molar-refractivity contribution in [3.8, 4) is 0 Å². The van der Waals surface area contributed by atoms with E-state index in [-0.39, 0.29) is 34.0 Å². The first-order valence-corrected chi connectivity index (χ1v) is 14.4. The average molecular weight is 747 g/mol. The molecule has 8 rings (SSSR count). The molecule has 0 fully saturated rings. The molecule has 0 spiro atoms. The highest BCUT2D eigenvalue weighted by molar-refractivity contribution is 6.32. The van der Waals surface area contributed by atoms with E-state index < -0.39 is 0 Å². The highest BCUT2D eigenvalue weighted by Crippen LogP contribution is 2.36. The fourth-order valence-electron chi connectivity index (χ4n) is 5.91. The fraction of sp³-hybridized carbons (Fsp3) is 0.0588. The summed E-state index contributed by atoms with van der Waals surface area (Å²) in [5, 5.41) is 5.81. The van der Waals surface area contributed by atoms with E-state index in [0.717, 1.165) is 55.0 Å². The lowest BCUT2D eigenvalue weighted by atomic mass is 10.2. The predicted octanol–water partition coefficient (Wildman–Crippen LogP) is 0.990. The minimum atomic E-state index is 0. The van der Waals surface area contributed by atoms with Gasteiger partial charge in [-0.15, -0.1) is 0 Å². The van der Waals surface area contributed by atoms with Crippen LogP contribution in [0.1, 0.15) is 11.4 Å². The zero-order valence-corrected chi connectivity index (χ0v) is 27.8. The van der Waals surface area contributed by atoms with Crippen molar-refractivity contribution in [2.24, 2.45) is 0 Å². The molecule has 0 N–H and O–H groups in total. The maximum Gasteiger partial charge on any atom is 0.195 e. The van der Waals surface area contributed by atoms with Crippen molar-refractivity contribution in [2.75, 3.05) is 0 Å². The maximum absolute atomic E-state index is 6.54. The number of rotatable bonds is 5. The molecule has 0 atom stereocenters. The molecule has 6 heterocycles. The summed E-state index contributed by atoms with van der Waals surface area (Å²) in [6.07, 6.45) is 12.3. The molecule has 6 aromatic heterocycles. The first kappa shape index (κ1) is 30.2. The number of aromatic nitrogens is 6. The van der Waals surface area contributed by atoms with Gasteiger partial charge in [0.05, 0.1) is 11.0 Å². The molecule has 0 aliphatic carbocycles. The van der Waals surface area contributed by atoms with Gasteiger partial charge in [0.15, 0.2) is 37.9 Å². The number of nitrogens with zero attached hydrogens (tertiary/aromatic N) is 6. The van der Waals surface area contributed by atoms with Crippen LogP contribution in [0.4, 0.5) is 0 Å². The molecule has 44 heavy (non-hydrogen) atoms. The summed E-state index contributed by atoms with van der Waals surface area (Å²) in [6, 6.07) is 28.5. The predicted molar refractivity (Wildman–Crippen MR) is 167 cm³/mol. The van der Waals surface area contributed by atoms with Crippen molar-refractivity contribution in [2.45, 2.75) is 13.1 Å². The van der Waals surface area contributed by atoms with Crippen LogP contribution in [-0.4, -0.2) is 19.3 Å². The second-order valence-electron chi connectivity index (χ2n) is 10.4. The van der Waals surface area contributed by atoms with Crippen molar-refractivity contribution in [3.63, 3.8) is 0 Å². The molecule has 6 nitrogen and oxygen atoms in total. The van der Waals surface area contributed by atoms with Crippen LogP contribution >= 0.6 is 23.2 Å². The lowest BCUT2D eigenvalue weighted by molar-refractivity contribution is -0.687. The minimum absolute atomic E-state index is 0. The van der Waals surface area contributed by atoms with Gasteiger partial charge in [0, 0.05) is 56.1 Å². The Hall–Kier alpha value is -3.82. The normalized spacial score (nSPS) is 11.2. The summed E-state index contributed by atoms with van der Waals surface area (Å²) >= 11 is 13.1. The number of fused-ring (bicyclic) bond motifs is 6. The van der Waals surface area contributed by atoms with Gasteiger partial charge in [-0.3, -0.25) is 9.97 Å². The summed E-state index contributed by atoms with van der Waals surface area (Å²) in [4.78, 5) is 9.09. The molecule has 10 heteroatoms. The van der Waals surface area contributed by atoms with Crippen molar-refractivity contribution in [3.05, 3.63) is 144 Å². The van der Waals surface area contributed by atoms with Crippen molar-refractivity contribution >= 4 is 66.8 Å². The molecule has 0 saturated carbocycles. The largest absolute Gasteiger partial charge is 1.00 e. The van der Waals surface area contributed by atoms with E-state index in [1.807, 2.05) is 73.1 Å². The van der Waals surface area contributed by atoms with Gasteiger partial charge < -0.3 is 34.0 Å². The second-order valence-corrected chi connectivity index (χ2v) is 11.3. The molecule has 0 radical (unpaired) electrons. The van der Waals surface area contributed by atoms with Crippen LogP contribution in [0.15, 0.2) is 122 Å². The SMILES string of the molecule is Clc1ccc2c(c1)c1cc[n+](Cc3ccccn3)cc1n2-n1c2ccc(Cl)cc2c2cc[n+](Cc3ccccn3)cc21.[Br-].[Br-]. The smallest absolute Gasteiger partial charge is 0.195 e. The van der Waals surface area contributed by atoms with Gasteiger partial charge in [-0.1, -0.05) is 35.3 Å². The molecule has 0 amide bonds. The third-order valence-electron chi connectivity index (χ3n) is 7.75. The molecule has 2 aromatic carbocycles. The van der Waals surface area contributed by atoms with Crippen LogP contribution in [0, 0.1) is 0 Å². The summed E-state index contributed by atoms with van der Waals surface area (Å²) < 4.78 is 8.93. The van der Waals surface area contributed by atoms with Gasteiger partial charge in [-0.2, -0.15) is 9.13 Å². The van der Waals surface area contributed by atoms with Crippen LogP contribution in [0.25, 0.3) is 43.6 Å². The molecular formula is C34H24Br2Cl2N6. The molecule has 218 valence electrons. The molecule has 0 aliphatic rings. The maximum atomic E-state index is 6.54. The topological polar surface area (TPSA) is 43.4 Å². The number of benzene rings is 2. The van der Waals surface area contributed by atoms with Gasteiger partial charge in [-0.05, 0) is 60.7 Å². The van der Waals surface area contributed by atoms with Gasteiger partial charge in [-0.25, -0.2) is 9.35 Å². The van der Waals surface area contributed by atoms with Crippen LogP contribution in [0.3, 0.4) is 0 Å². The standard InChI is InChI=1S/C34H24Cl2N6.2BrH/c35-23-7-9-31-29(17-23)27-11-15-39(19-25-5-1-3-13-37-25)21-33(27)41(31)42-32-10-8-24(36)18-30(32)28-12-16-40(22-34(28)42)20-26-6-2-4-14-38-26;;/h1-18,21-22H,19-20H2;2*1H/q+2;;/p-2. The Morgan fingerprint density at radius 3 is 1.39 bits per heavy atom. The van der Waals surface area contributed by atoms with E-state index in [1.165, 1.54) is 0 Å². The Morgan fingerprint density at radius 1 is 0.523 bits per heavy atom. The van der Waals surface area contributed by atoms with Crippen molar-refractivity contribution in [1.29, 1.82) is 0 Å². The number of hydrogen-bond acceptors (Lipinski definition) is 2. The third-order valence-corrected chi connectivity index (χ3v) is 8.22. The van der Waals surface area contributed by atoms with E-state index in [1.54, 1.807) is 0 Å². The lowest BCUT2D eigenvalue weighted by Gasteiger charge is -2.12. The Balaban J connectivity index is 0.00000171. The summed E-state index contributed by atoms with van der Waals surface area (Å²) in [6.45, 7) is 1.32. The van der Waals surface area contributed by atoms with Gasteiger partial charge in [0.2, 0.25) is 0 Å². The van der Waals surface area contributed by atoms with E-state index in [4.69, 9.17) is 23.2 Å². The Morgan fingerprint density at radius 2 is 0.977 bits per heavy atom. The molecule has 0 unspecified atom stereocenters. The summed E-state index contributed by atoms with van der Waals surface area (Å²) in [5.41, 5.74) is 6.21. The van der Waals surface area contributed by atoms with E-state index in [2.05, 4.69) is 77.5 Å². The van der Waals surface area contributed by atoms with Gasteiger partial charge in [0.25, 0.3) is 0 Å². The van der Waals surface area contributed by atoms with Gasteiger partial charge in [0.1, 0.15) is 22.4 Å². The van der Waals surface area contributed by atoms with Crippen LogP contribution in [0.2, 0.25) is 10.0 Å². The first-order valence-electron chi connectivity index (χ1n) is 13.7. The Kier molecular flexibility index (Phi) is 8.44. The van der Waals surface area contributed by atoms with Crippen LogP contribution in [-0.2, 0) is 13.1 Å². The zero-order chi connectivity index (χ0) is 28.2. The van der Waals surface area contributed by atoms with Crippen molar-refractivity contribution in [1.82, 2.24) is 19.3 Å². The number of halogens is 4. The van der Waals surface area contributed by atoms with E-state index in [9.17, 15) is 0 Å². The third kappa shape index (κ3) is 5.26. The van der Waals surface area contributed by atoms with E-state index in [0.29, 0.717) is 23.1 Å². The highest BCUT2D eigenvalue weighted by Gasteiger charge is 2.22. The average Bonchev–Trinajstić information content (AvgIpc) is 3.48. The number of hydrogen-bond donors (Lipinski definition) is 0. The van der Waals surface area contributed by atoms with Crippen LogP contribution < -0.4 is 43.1 Å². The van der Waals surface area contributed by atoms with Crippen LogP contribution in [0.5, 0.6) is 0 Å². The second kappa shape index (κ2) is 12.3. The lowest BCUT2D eigenvalue weighted by Crippen LogP contribution is -3.00. The molecule has 0 bridgehead atoms. The summed E-state index contributed by atoms with van der Waals surface area (Å²) in [7, 11) is 0.